The van der Waals surface area contributed by atoms with Crippen LogP contribution in [0.4, 0.5) is 4.39 Å². The van der Waals surface area contributed by atoms with Gasteiger partial charge in [-0.15, -0.1) is 0 Å². The fraction of sp³-hybridized carbons (Fsp3) is 0.571. The highest BCUT2D eigenvalue weighted by Crippen LogP contribution is 2.27. The van der Waals surface area contributed by atoms with Crippen LogP contribution in [0.5, 0.6) is 0 Å². The first-order valence-electron chi connectivity index (χ1n) is 6.62. The van der Waals surface area contributed by atoms with Gasteiger partial charge in [0, 0.05) is 5.56 Å². The van der Waals surface area contributed by atoms with Crippen molar-refractivity contribution in [3.63, 3.8) is 0 Å². The van der Waals surface area contributed by atoms with Crippen molar-refractivity contribution in [1.82, 2.24) is 0 Å². The number of benzene rings is 1. The van der Waals surface area contributed by atoms with E-state index in [1.807, 2.05) is 6.07 Å². The Morgan fingerprint density at radius 1 is 1.17 bits per heavy atom. The Kier molecular flexibility index (Phi) is 3.33. The van der Waals surface area contributed by atoms with E-state index in [1.165, 1.54) is 11.0 Å². The predicted molar refractivity (Wildman–Crippen MR) is 64.7 cm³/mol. The lowest BCUT2D eigenvalue weighted by molar-refractivity contribution is -0.922. The molecule has 0 amide bonds. The van der Waals surface area contributed by atoms with Crippen molar-refractivity contribution in [1.29, 1.82) is 0 Å². The highest BCUT2D eigenvalue weighted by Gasteiger charge is 2.41. The first-order valence-corrected chi connectivity index (χ1v) is 6.62. The summed E-state index contributed by atoms with van der Waals surface area (Å²) in [6.45, 7) is 4.37. The molecule has 0 aromatic heterocycles. The van der Waals surface area contributed by atoms with Crippen LogP contribution in [-0.2, 0) is 16.0 Å². The molecule has 0 saturated carbocycles. The van der Waals surface area contributed by atoms with Crippen LogP contribution in [0.1, 0.15) is 18.4 Å². The highest BCUT2D eigenvalue weighted by molar-refractivity contribution is 5.15. The lowest BCUT2D eigenvalue weighted by Crippen LogP contribution is -3.12. The number of hydrogen-bond acceptors (Lipinski definition) is 2. The maximum atomic E-state index is 13.1. The SMILES string of the molecule is Fc1cccc(C[NH+]2CCC3(CC2)OCCO3)c1. The van der Waals surface area contributed by atoms with Gasteiger partial charge >= 0.3 is 0 Å². The molecule has 18 heavy (non-hydrogen) atoms. The lowest BCUT2D eigenvalue weighted by Gasteiger charge is -2.35. The molecule has 2 heterocycles. The molecule has 3 rings (SSSR count). The summed E-state index contributed by atoms with van der Waals surface area (Å²) in [4.78, 5) is 1.48. The van der Waals surface area contributed by atoms with Gasteiger partial charge in [-0.2, -0.15) is 0 Å². The Morgan fingerprint density at radius 3 is 2.56 bits per heavy atom. The number of quaternary nitrogens is 1. The van der Waals surface area contributed by atoms with E-state index in [1.54, 1.807) is 12.1 Å². The van der Waals surface area contributed by atoms with Gasteiger partial charge in [0.1, 0.15) is 12.4 Å². The van der Waals surface area contributed by atoms with Gasteiger partial charge in [-0.3, -0.25) is 0 Å². The number of piperidine rings is 1. The Morgan fingerprint density at radius 2 is 1.89 bits per heavy atom. The summed E-state index contributed by atoms with van der Waals surface area (Å²) in [5.41, 5.74) is 1.06. The van der Waals surface area contributed by atoms with E-state index in [9.17, 15) is 4.39 Å². The van der Waals surface area contributed by atoms with Gasteiger partial charge in [-0.25, -0.2) is 4.39 Å². The molecule has 0 unspecified atom stereocenters. The number of rotatable bonds is 2. The van der Waals surface area contributed by atoms with Gasteiger partial charge in [0.15, 0.2) is 5.79 Å². The third-order valence-corrected chi connectivity index (χ3v) is 3.88. The van der Waals surface area contributed by atoms with Crippen LogP contribution in [0.25, 0.3) is 0 Å². The van der Waals surface area contributed by atoms with Crippen molar-refractivity contribution >= 4 is 0 Å². The van der Waals surface area contributed by atoms with Gasteiger partial charge < -0.3 is 14.4 Å². The smallest absolute Gasteiger partial charge is 0.179 e. The van der Waals surface area contributed by atoms with Crippen LogP contribution in [0.3, 0.4) is 0 Å². The first kappa shape index (κ1) is 12.1. The minimum atomic E-state index is -0.300. The highest BCUT2D eigenvalue weighted by atomic mass is 19.1. The largest absolute Gasteiger partial charge is 0.347 e. The zero-order chi connectivity index (χ0) is 12.4. The van der Waals surface area contributed by atoms with Crippen molar-refractivity contribution in [3.8, 4) is 0 Å². The molecule has 2 fully saturated rings. The molecule has 0 bridgehead atoms. The molecule has 1 N–H and O–H groups in total. The van der Waals surface area contributed by atoms with Crippen molar-refractivity contribution in [2.24, 2.45) is 0 Å². The third-order valence-electron chi connectivity index (χ3n) is 3.88. The summed E-state index contributed by atoms with van der Waals surface area (Å²) in [5, 5.41) is 0. The molecule has 2 aliphatic heterocycles. The van der Waals surface area contributed by atoms with Gasteiger partial charge in [0.05, 0.1) is 39.1 Å². The average molecular weight is 252 g/mol. The van der Waals surface area contributed by atoms with Crippen LogP contribution in [-0.4, -0.2) is 32.1 Å². The average Bonchev–Trinajstić information content (AvgIpc) is 2.81. The number of ether oxygens (including phenoxy) is 2. The van der Waals surface area contributed by atoms with E-state index < -0.39 is 0 Å². The Balaban J connectivity index is 1.57. The van der Waals surface area contributed by atoms with Crippen LogP contribution < -0.4 is 4.90 Å². The predicted octanol–water partition coefficient (Wildman–Crippen LogP) is 0.747. The maximum absolute atomic E-state index is 13.1. The fourth-order valence-corrected chi connectivity index (χ4v) is 2.88. The number of hydrogen-bond donors (Lipinski definition) is 1. The Bertz CT molecular complexity index is 408. The molecule has 1 spiro atoms. The van der Waals surface area contributed by atoms with Crippen LogP contribution in [0, 0.1) is 5.82 Å². The minimum absolute atomic E-state index is 0.150. The summed E-state index contributed by atoms with van der Waals surface area (Å²) in [5.74, 6) is -0.450. The van der Waals surface area contributed by atoms with Gasteiger partial charge in [0.25, 0.3) is 0 Å². The molecular weight excluding hydrogens is 233 g/mol. The van der Waals surface area contributed by atoms with Gasteiger partial charge in [0.2, 0.25) is 0 Å². The normalized spacial score (nSPS) is 23.6. The minimum Gasteiger partial charge on any atom is -0.347 e. The van der Waals surface area contributed by atoms with Crippen molar-refractivity contribution in [3.05, 3.63) is 35.6 Å². The maximum Gasteiger partial charge on any atom is 0.179 e. The molecule has 3 nitrogen and oxygen atoms in total. The molecule has 1 aromatic rings. The second-order valence-electron chi connectivity index (χ2n) is 5.16. The summed E-state index contributed by atoms with van der Waals surface area (Å²) >= 11 is 0. The standard InChI is InChI=1S/C14H18FNO2/c15-13-3-1-2-12(10-13)11-16-6-4-14(5-7-16)17-8-9-18-14/h1-3,10H,4-9,11H2/p+1. The van der Waals surface area contributed by atoms with E-state index >= 15 is 0 Å². The Hall–Kier alpha value is -0.970. The third kappa shape index (κ3) is 2.55. The van der Waals surface area contributed by atoms with Crippen LogP contribution >= 0.6 is 0 Å². The summed E-state index contributed by atoms with van der Waals surface area (Å²) in [6, 6.07) is 6.88. The van der Waals surface area contributed by atoms with E-state index in [0.717, 1.165) is 51.3 Å². The topological polar surface area (TPSA) is 22.9 Å². The summed E-state index contributed by atoms with van der Waals surface area (Å²) in [7, 11) is 0. The van der Waals surface area contributed by atoms with Crippen molar-refractivity contribution < 1.29 is 18.8 Å². The summed E-state index contributed by atoms with van der Waals surface area (Å²) < 4.78 is 24.5. The molecule has 4 heteroatoms. The van der Waals surface area contributed by atoms with Gasteiger partial charge in [-0.05, 0) is 12.1 Å². The van der Waals surface area contributed by atoms with Crippen LogP contribution in [0.15, 0.2) is 24.3 Å². The second kappa shape index (κ2) is 4.96. The zero-order valence-electron chi connectivity index (χ0n) is 10.5. The number of halogens is 1. The molecule has 2 aliphatic rings. The van der Waals surface area contributed by atoms with Crippen molar-refractivity contribution in [2.45, 2.75) is 25.2 Å². The molecule has 2 saturated heterocycles. The quantitative estimate of drug-likeness (QED) is 0.839. The molecule has 1 aromatic carbocycles. The number of likely N-dealkylation sites (tertiary alicyclic amines) is 1. The molecule has 0 aliphatic carbocycles. The van der Waals surface area contributed by atoms with Crippen LogP contribution in [0.2, 0.25) is 0 Å². The van der Waals surface area contributed by atoms with Crippen molar-refractivity contribution in [2.75, 3.05) is 26.3 Å². The first-order chi connectivity index (χ1) is 8.76. The molecule has 0 radical (unpaired) electrons. The second-order valence-corrected chi connectivity index (χ2v) is 5.16. The molecule has 0 atom stereocenters. The Labute approximate surface area is 106 Å². The van der Waals surface area contributed by atoms with E-state index in [2.05, 4.69) is 0 Å². The monoisotopic (exact) mass is 252 g/mol. The molecular formula is C14H19FNO2+. The zero-order valence-corrected chi connectivity index (χ0v) is 10.5. The number of nitrogens with one attached hydrogen (secondary N) is 1. The van der Waals surface area contributed by atoms with Gasteiger partial charge in [-0.1, -0.05) is 12.1 Å². The van der Waals surface area contributed by atoms with E-state index in [4.69, 9.17) is 9.47 Å². The van der Waals surface area contributed by atoms with E-state index in [0.29, 0.717) is 0 Å². The fourth-order valence-electron chi connectivity index (χ4n) is 2.88. The van der Waals surface area contributed by atoms with E-state index in [-0.39, 0.29) is 11.6 Å². The molecule has 98 valence electrons. The lowest BCUT2D eigenvalue weighted by atomic mass is 10.0. The summed E-state index contributed by atoms with van der Waals surface area (Å²) in [6.07, 6.45) is 1.88.